The minimum Gasteiger partial charge on any atom is -0.494 e. The molecule has 0 spiro atoms. The number of thioether (sulfide) groups is 1. The topological polar surface area (TPSA) is 38.3 Å². The number of benzene rings is 2. The van der Waals surface area contributed by atoms with Crippen molar-refractivity contribution in [2.24, 2.45) is 0 Å². The Morgan fingerprint density at radius 3 is 2.56 bits per heavy atom. The van der Waals surface area contributed by atoms with E-state index in [2.05, 4.69) is 36.5 Å². The van der Waals surface area contributed by atoms with Gasteiger partial charge in [0.05, 0.1) is 6.61 Å². The number of amides is 1. The number of carbonyl (C=O) groups is 1. The van der Waals surface area contributed by atoms with Gasteiger partial charge < -0.3 is 10.1 Å². The molecule has 0 saturated heterocycles. The number of halogens is 1. The van der Waals surface area contributed by atoms with E-state index in [0.717, 1.165) is 17.3 Å². The summed E-state index contributed by atoms with van der Waals surface area (Å²) in [4.78, 5) is 11.8. The Kier molecular flexibility index (Phi) is 8.70. The molecular weight excluding hydrogens is 354 g/mol. The van der Waals surface area contributed by atoms with Crippen molar-refractivity contribution < 1.29 is 9.53 Å². The maximum Gasteiger partial charge on any atom is 0.220 e. The molecule has 25 heavy (non-hydrogen) atoms. The van der Waals surface area contributed by atoms with E-state index in [1.54, 1.807) is 12.1 Å². The minimum absolute atomic E-state index is 0.0793. The highest BCUT2D eigenvalue weighted by molar-refractivity contribution is 7.98. The SMILES string of the molecule is Cc1ccc(CSCCNC(=O)CCCOc2ccc(Cl)cc2)cc1. The quantitative estimate of drug-likeness (QED) is 0.601. The van der Waals surface area contributed by atoms with Crippen LogP contribution < -0.4 is 10.1 Å². The molecule has 1 N–H and O–H groups in total. The third-order valence-electron chi connectivity index (χ3n) is 3.59. The molecule has 0 unspecified atom stereocenters. The lowest BCUT2D eigenvalue weighted by atomic mass is 10.2. The van der Waals surface area contributed by atoms with Gasteiger partial charge in [-0.15, -0.1) is 0 Å². The Bertz CT molecular complexity index is 644. The van der Waals surface area contributed by atoms with Crippen LogP contribution in [0.4, 0.5) is 0 Å². The molecule has 0 aliphatic heterocycles. The first kappa shape index (κ1) is 19.7. The molecule has 134 valence electrons. The van der Waals surface area contributed by atoms with E-state index in [1.807, 2.05) is 23.9 Å². The molecule has 5 heteroatoms. The van der Waals surface area contributed by atoms with Crippen molar-refractivity contribution in [1.29, 1.82) is 0 Å². The van der Waals surface area contributed by atoms with Crippen molar-refractivity contribution >= 4 is 29.3 Å². The number of carbonyl (C=O) groups excluding carboxylic acids is 1. The minimum atomic E-state index is 0.0793. The van der Waals surface area contributed by atoms with Crippen molar-refractivity contribution in [3.63, 3.8) is 0 Å². The molecular formula is C20H24ClNO2S. The molecule has 2 aromatic carbocycles. The standard InChI is InChI=1S/C20H24ClNO2S/c1-16-4-6-17(7-5-16)15-25-14-12-22-20(23)3-2-13-24-19-10-8-18(21)9-11-19/h4-11H,2-3,12-15H2,1H3,(H,22,23). The van der Waals surface area contributed by atoms with E-state index in [1.165, 1.54) is 11.1 Å². The summed E-state index contributed by atoms with van der Waals surface area (Å²) in [7, 11) is 0. The van der Waals surface area contributed by atoms with Crippen LogP contribution in [-0.4, -0.2) is 24.8 Å². The summed E-state index contributed by atoms with van der Waals surface area (Å²) in [5.41, 5.74) is 2.60. The molecule has 0 aliphatic rings. The summed E-state index contributed by atoms with van der Waals surface area (Å²) in [6.07, 6.45) is 1.18. The van der Waals surface area contributed by atoms with Gasteiger partial charge in [0.15, 0.2) is 0 Å². The van der Waals surface area contributed by atoms with Crippen LogP contribution in [0.15, 0.2) is 48.5 Å². The molecule has 0 fully saturated rings. The maximum absolute atomic E-state index is 11.8. The van der Waals surface area contributed by atoms with Gasteiger partial charge in [-0.2, -0.15) is 11.8 Å². The monoisotopic (exact) mass is 377 g/mol. The number of aryl methyl sites for hydroxylation is 1. The lowest BCUT2D eigenvalue weighted by Gasteiger charge is -2.07. The molecule has 3 nitrogen and oxygen atoms in total. The van der Waals surface area contributed by atoms with Crippen LogP contribution in [-0.2, 0) is 10.5 Å². The van der Waals surface area contributed by atoms with Crippen molar-refractivity contribution in [2.75, 3.05) is 18.9 Å². The molecule has 0 bridgehead atoms. The summed E-state index contributed by atoms with van der Waals surface area (Å²) >= 11 is 7.65. The van der Waals surface area contributed by atoms with Crippen LogP contribution in [0.1, 0.15) is 24.0 Å². The summed E-state index contributed by atoms with van der Waals surface area (Å²) in [6, 6.07) is 15.8. The van der Waals surface area contributed by atoms with Crippen LogP contribution >= 0.6 is 23.4 Å². The van der Waals surface area contributed by atoms with Crippen LogP contribution in [0.5, 0.6) is 5.75 Å². The van der Waals surface area contributed by atoms with Gasteiger partial charge in [0.2, 0.25) is 5.91 Å². The number of ether oxygens (including phenoxy) is 1. The normalized spacial score (nSPS) is 10.5. The molecule has 0 aromatic heterocycles. The van der Waals surface area contributed by atoms with E-state index < -0.39 is 0 Å². The summed E-state index contributed by atoms with van der Waals surface area (Å²) < 4.78 is 5.57. The fourth-order valence-corrected chi connectivity index (χ4v) is 3.12. The van der Waals surface area contributed by atoms with Crippen LogP contribution in [0.25, 0.3) is 0 Å². The lowest BCUT2D eigenvalue weighted by molar-refractivity contribution is -0.121. The third-order valence-corrected chi connectivity index (χ3v) is 4.87. The van der Waals surface area contributed by atoms with E-state index >= 15 is 0 Å². The Balaban J connectivity index is 1.48. The van der Waals surface area contributed by atoms with Crippen molar-refractivity contribution in [2.45, 2.75) is 25.5 Å². The zero-order valence-corrected chi connectivity index (χ0v) is 16.0. The zero-order chi connectivity index (χ0) is 17.9. The van der Waals surface area contributed by atoms with Gasteiger partial charge in [-0.05, 0) is 43.2 Å². The van der Waals surface area contributed by atoms with E-state index in [0.29, 0.717) is 31.0 Å². The van der Waals surface area contributed by atoms with E-state index in [-0.39, 0.29) is 5.91 Å². The molecule has 2 aromatic rings. The van der Waals surface area contributed by atoms with Crippen LogP contribution in [0, 0.1) is 6.92 Å². The average Bonchev–Trinajstić information content (AvgIpc) is 2.61. The van der Waals surface area contributed by atoms with Gasteiger partial charge >= 0.3 is 0 Å². The number of hydrogen-bond donors (Lipinski definition) is 1. The van der Waals surface area contributed by atoms with Gasteiger partial charge in [-0.25, -0.2) is 0 Å². The zero-order valence-electron chi connectivity index (χ0n) is 14.5. The van der Waals surface area contributed by atoms with Gasteiger partial charge in [-0.3, -0.25) is 4.79 Å². The fraction of sp³-hybridized carbons (Fsp3) is 0.350. The fourth-order valence-electron chi connectivity index (χ4n) is 2.18. The first-order chi connectivity index (χ1) is 12.1. The Hall–Kier alpha value is -1.65. The first-order valence-corrected chi connectivity index (χ1v) is 9.95. The van der Waals surface area contributed by atoms with E-state index in [4.69, 9.17) is 16.3 Å². The molecule has 0 aliphatic carbocycles. The second-order valence-electron chi connectivity index (χ2n) is 5.79. The largest absolute Gasteiger partial charge is 0.494 e. The van der Waals surface area contributed by atoms with Gasteiger partial charge in [0, 0.05) is 29.5 Å². The lowest BCUT2D eigenvalue weighted by Crippen LogP contribution is -2.25. The summed E-state index contributed by atoms with van der Waals surface area (Å²) in [6.45, 7) is 3.32. The van der Waals surface area contributed by atoms with E-state index in [9.17, 15) is 4.79 Å². The Morgan fingerprint density at radius 2 is 1.84 bits per heavy atom. The predicted molar refractivity (Wildman–Crippen MR) is 107 cm³/mol. The summed E-state index contributed by atoms with van der Waals surface area (Å²) in [5.74, 6) is 2.75. The second kappa shape index (κ2) is 11.1. The molecule has 0 heterocycles. The van der Waals surface area contributed by atoms with Crippen LogP contribution in [0.3, 0.4) is 0 Å². The van der Waals surface area contributed by atoms with Gasteiger partial charge in [0.1, 0.15) is 5.75 Å². The Labute approximate surface area is 159 Å². The number of hydrogen-bond acceptors (Lipinski definition) is 3. The second-order valence-corrected chi connectivity index (χ2v) is 7.34. The van der Waals surface area contributed by atoms with Gasteiger partial charge in [0.25, 0.3) is 0 Å². The van der Waals surface area contributed by atoms with Crippen LogP contribution in [0.2, 0.25) is 5.02 Å². The highest BCUT2D eigenvalue weighted by atomic mass is 35.5. The molecule has 0 radical (unpaired) electrons. The average molecular weight is 378 g/mol. The molecule has 1 amide bonds. The number of nitrogens with one attached hydrogen (secondary N) is 1. The van der Waals surface area contributed by atoms with Crippen molar-refractivity contribution in [3.8, 4) is 5.75 Å². The molecule has 2 rings (SSSR count). The van der Waals surface area contributed by atoms with Crippen molar-refractivity contribution in [1.82, 2.24) is 5.32 Å². The Morgan fingerprint density at radius 1 is 1.12 bits per heavy atom. The smallest absolute Gasteiger partial charge is 0.220 e. The molecule has 0 atom stereocenters. The predicted octanol–water partition coefficient (Wildman–Crippen LogP) is 4.86. The van der Waals surface area contributed by atoms with Gasteiger partial charge in [-0.1, -0.05) is 41.4 Å². The molecule has 0 saturated carbocycles. The maximum atomic E-state index is 11.8. The van der Waals surface area contributed by atoms with Crippen molar-refractivity contribution in [3.05, 3.63) is 64.7 Å². The summed E-state index contributed by atoms with van der Waals surface area (Å²) in [5, 5.41) is 3.64. The third kappa shape index (κ3) is 8.32. The number of rotatable bonds is 10. The first-order valence-electron chi connectivity index (χ1n) is 8.42. The highest BCUT2D eigenvalue weighted by Gasteiger charge is 2.02. The highest BCUT2D eigenvalue weighted by Crippen LogP contribution is 2.15.